The molecule has 0 aromatic heterocycles. The summed E-state index contributed by atoms with van der Waals surface area (Å²) in [6.07, 6.45) is -0.662. The van der Waals surface area contributed by atoms with Crippen LogP contribution in [-0.4, -0.2) is 48.4 Å². The first-order valence-corrected chi connectivity index (χ1v) is 6.56. The van der Waals surface area contributed by atoms with Gasteiger partial charge in [-0.25, -0.2) is 4.79 Å². The molecule has 1 aromatic rings. The lowest BCUT2D eigenvalue weighted by molar-refractivity contribution is 0.142. The average Bonchev–Trinajstić information content (AvgIpc) is 2.39. The van der Waals surface area contributed by atoms with Gasteiger partial charge in [0.2, 0.25) is 0 Å². The van der Waals surface area contributed by atoms with E-state index in [9.17, 15) is 4.79 Å². The van der Waals surface area contributed by atoms with E-state index in [2.05, 4.69) is 4.90 Å². The fraction of sp³-hybridized carbons (Fsp3) is 0.500. The van der Waals surface area contributed by atoms with Gasteiger partial charge in [0.15, 0.2) is 0 Å². The molecule has 2 rings (SSSR count). The van der Waals surface area contributed by atoms with Gasteiger partial charge in [-0.3, -0.25) is 0 Å². The summed E-state index contributed by atoms with van der Waals surface area (Å²) in [5, 5.41) is 8.91. The molecule has 1 N–H and O–H groups in total. The minimum Gasteiger partial charge on any atom is -0.491 e. The van der Waals surface area contributed by atoms with Crippen molar-refractivity contribution in [1.29, 1.82) is 0 Å². The Balaban J connectivity index is 1.94. The molecule has 0 unspecified atom stereocenters. The second-order valence-corrected chi connectivity index (χ2v) is 4.92. The van der Waals surface area contributed by atoms with E-state index >= 15 is 0 Å². The van der Waals surface area contributed by atoms with Gasteiger partial charge in [0.1, 0.15) is 5.75 Å². The number of hydrogen-bond donors (Lipinski definition) is 1. The van der Waals surface area contributed by atoms with E-state index in [1.54, 1.807) is 0 Å². The number of ether oxygens (including phenoxy) is 1. The predicted molar refractivity (Wildman–Crippen MR) is 74.0 cm³/mol. The van der Waals surface area contributed by atoms with Crippen LogP contribution in [0.3, 0.4) is 0 Å². The summed E-state index contributed by atoms with van der Waals surface area (Å²) in [6.45, 7) is 6.57. The molecular weight excluding hydrogens is 244 g/mol. The molecular formula is C14H20N2O3. The summed E-state index contributed by atoms with van der Waals surface area (Å²) in [5.74, 6) is 0.864. The zero-order valence-electron chi connectivity index (χ0n) is 11.4. The van der Waals surface area contributed by atoms with Crippen LogP contribution in [0, 0.1) is 0 Å². The molecule has 0 spiro atoms. The zero-order valence-corrected chi connectivity index (χ0v) is 11.4. The van der Waals surface area contributed by atoms with Crippen LogP contribution < -0.4 is 9.64 Å². The molecule has 0 atom stereocenters. The van der Waals surface area contributed by atoms with E-state index in [0.717, 1.165) is 24.5 Å². The third-order valence-electron chi connectivity index (χ3n) is 3.12. The van der Waals surface area contributed by atoms with Gasteiger partial charge in [-0.2, -0.15) is 0 Å². The van der Waals surface area contributed by atoms with Crippen LogP contribution in [0.2, 0.25) is 0 Å². The number of piperazine rings is 1. The topological polar surface area (TPSA) is 53.0 Å². The molecule has 1 saturated heterocycles. The normalized spacial score (nSPS) is 15.7. The maximum Gasteiger partial charge on any atom is 0.407 e. The molecule has 104 valence electrons. The summed E-state index contributed by atoms with van der Waals surface area (Å²) in [6, 6.07) is 7.96. The third-order valence-corrected chi connectivity index (χ3v) is 3.12. The van der Waals surface area contributed by atoms with Crippen LogP contribution in [0.15, 0.2) is 24.3 Å². The Morgan fingerprint density at radius 3 is 2.21 bits per heavy atom. The van der Waals surface area contributed by atoms with Gasteiger partial charge in [0.25, 0.3) is 0 Å². The highest BCUT2D eigenvalue weighted by Gasteiger charge is 2.20. The number of benzene rings is 1. The largest absolute Gasteiger partial charge is 0.491 e. The minimum absolute atomic E-state index is 0.171. The summed E-state index contributed by atoms with van der Waals surface area (Å²) in [7, 11) is 0. The first kappa shape index (κ1) is 13.5. The first-order valence-electron chi connectivity index (χ1n) is 6.56. The molecule has 0 saturated carbocycles. The molecule has 1 amide bonds. The molecule has 1 aliphatic rings. The van der Waals surface area contributed by atoms with E-state index < -0.39 is 6.09 Å². The van der Waals surface area contributed by atoms with E-state index in [0.29, 0.717) is 13.1 Å². The number of amides is 1. The zero-order chi connectivity index (χ0) is 13.8. The number of carbonyl (C=O) groups is 1. The highest BCUT2D eigenvalue weighted by Crippen LogP contribution is 2.21. The summed E-state index contributed by atoms with van der Waals surface area (Å²) in [5.41, 5.74) is 1.11. The highest BCUT2D eigenvalue weighted by atomic mass is 16.5. The van der Waals surface area contributed by atoms with Crippen molar-refractivity contribution >= 4 is 11.8 Å². The van der Waals surface area contributed by atoms with E-state index in [-0.39, 0.29) is 6.10 Å². The predicted octanol–water partition coefficient (Wildman–Crippen LogP) is 2.27. The van der Waals surface area contributed by atoms with Crippen molar-refractivity contribution in [2.45, 2.75) is 20.0 Å². The fourth-order valence-corrected chi connectivity index (χ4v) is 2.16. The second kappa shape index (κ2) is 5.82. The van der Waals surface area contributed by atoms with Crippen LogP contribution in [0.1, 0.15) is 13.8 Å². The minimum atomic E-state index is -0.833. The molecule has 1 aliphatic heterocycles. The molecule has 5 nitrogen and oxygen atoms in total. The monoisotopic (exact) mass is 264 g/mol. The first-order chi connectivity index (χ1) is 9.06. The Morgan fingerprint density at radius 1 is 1.16 bits per heavy atom. The number of rotatable bonds is 3. The fourth-order valence-electron chi connectivity index (χ4n) is 2.16. The molecule has 1 fully saturated rings. The molecule has 0 bridgehead atoms. The Labute approximate surface area is 113 Å². The van der Waals surface area contributed by atoms with Gasteiger partial charge in [-0.1, -0.05) is 0 Å². The second-order valence-electron chi connectivity index (χ2n) is 4.92. The van der Waals surface area contributed by atoms with E-state index in [1.807, 2.05) is 38.1 Å². The van der Waals surface area contributed by atoms with Crippen LogP contribution in [0.5, 0.6) is 5.75 Å². The van der Waals surface area contributed by atoms with Crippen molar-refractivity contribution < 1.29 is 14.6 Å². The lowest BCUT2D eigenvalue weighted by atomic mass is 10.2. The van der Waals surface area contributed by atoms with Crippen molar-refractivity contribution in [3.63, 3.8) is 0 Å². The molecule has 0 radical (unpaired) electrons. The van der Waals surface area contributed by atoms with Gasteiger partial charge in [-0.15, -0.1) is 0 Å². The standard InChI is InChI=1S/C14H20N2O3/c1-11(2)19-13-5-3-12(4-6-13)15-7-9-16(10-8-15)14(17)18/h3-6,11H,7-10H2,1-2H3,(H,17,18). The van der Waals surface area contributed by atoms with Gasteiger partial charge >= 0.3 is 6.09 Å². The van der Waals surface area contributed by atoms with E-state index in [4.69, 9.17) is 9.84 Å². The summed E-state index contributed by atoms with van der Waals surface area (Å²) >= 11 is 0. The van der Waals surface area contributed by atoms with Gasteiger partial charge < -0.3 is 19.6 Å². The lowest BCUT2D eigenvalue weighted by Gasteiger charge is -2.34. The Kier molecular flexibility index (Phi) is 4.14. The van der Waals surface area contributed by atoms with Crippen LogP contribution >= 0.6 is 0 Å². The highest BCUT2D eigenvalue weighted by molar-refractivity contribution is 5.65. The molecule has 1 aromatic carbocycles. The summed E-state index contributed by atoms with van der Waals surface area (Å²) in [4.78, 5) is 14.5. The summed E-state index contributed by atoms with van der Waals surface area (Å²) < 4.78 is 5.60. The van der Waals surface area contributed by atoms with Crippen molar-refractivity contribution in [3.05, 3.63) is 24.3 Å². The molecule has 19 heavy (non-hydrogen) atoms. The number of hydrogen-bond acceptors (Lipinski definition) is 3. The Morgan fingerprint density at radius 2 is 1.74 bits per heavy atom. The number of nitrogens with zero attached hydrogens (tertiary/aromatic N) is 2. The molecule has 5 heteroatoms. The number of carboxylic acid groups (broad SMARTS) is 1. The van der Waals surface area contributed by atoms with Crippen LogP contribution in [0.4, 0.5) is 10.5 Å². The Hall–Kier alpha value is -1.91. The maximum absolute atomic E-state index is 10.8. The van der Waals surface area contributed by atoms with E-state index in [1.165, 1.54) is 4.90 Å². The van der Waals surface area contributed by atoms with Gasteiger partial charge in [-0.05, 0) is 38.1 Å². The molecule has 0 aliphatic carbocycles. The van der Waals surface area contributed by atoms with Gasteiger partial charge in [0.05, 0.1) is 6.10 Å². The van der Waals surface area contributed by atoms with Crippen LogP contribution in [0.25, 0.3) is 0 Å². The molecule has 1 heterocycles. The van der Waals surface area contributed by atoms with Gasteiger partial charge in [0, 0.05) is 31.9 Å². The Bertz CT molecular complexity index is 423. The smallest absolute Gasteiger partial charge is 0.407 e. The van der Waals surface area contributed by atoms with Crippen molar-refractivity contribution in [2.75, 3.05) is 31.1 Å². The maximum atomic E-state index is 10.8. The quantitative estimate of drug-likeness (QED) is 0.910. The van der Waals surface area contributed by atoms with Crippen molar-refractivity contribution in [3.8, 4) is 5.75 Å². The van der Waals surface area contributed by atoms with Crippen molar-refractivity contribution in [1.82, 2.24) is 4.90 Å². The number of anilines is 1. The average molecular weight is 264 g/mol. The van der Waals surface area contributed by atoms with Crippen LogP contribution in [-0.2, 0) is 0 Å². The lowest BCUT2D eigenvalue weighted by Crippen LogP contribution is -2.48. The third kappa shape index (κ3) is 3.53. The van der Waals surface area contributed by atoms with Crippen molar-refractivity contribution in [2.24, 2.45) is 0 Å². The SMILES string of the molecule is CC(C)Oc1ccc(N2CCN(C(=O)O)CC2)cc1.